The Kier molecular flexibility index (Phi) is 5.33. The Hall–Kier alpha value is -2.13. The second-order valence-corrected chi connectivity index (χ2v) is 4.55. The summed E-state index contributed by atoms with van der Waals surface area (Å²) in [5, 5.41) is 9.03. The zero-order valence-corrected chi connectivity index (χ0v) is 11.3. The molecule has 0 aliphatic heterocycles. The van der Waals surface area contributed by atoms with Gasteiger partial charge in [0, 0.05) is 12.0 Å². The first-order chi connectivity index (χ1) is 9.79. The number of aliphatic hydroxyl groups excluding tert-OH is 1. The number of ketones is 1. The zero-order valence-electron chi connectivity index (χ0n) is 11.3. The number of hydrogen-bond donors (Lipinski definition) is 1. The highest BCUT2D eigenvalue weighted by molar-refractivity contribution is 5.95. The van der Waals surface area contributed by atoms with Gasteiger partial charge in [-0.3, -0.25) is 4.79 Å². The summed E-state index contributed by atoms with van der Waals surface area (Å²) in [4.78, 5) is 11.9. The molecule has 0 aliphatic rings. The third-order valence-corrected chi connectivity index (χ3v) is 2.99. The lowest BCUT2D eigenvalue weighted by Crippen LogP contribution is -2.04. The van der Waals surface area contributed by atoms with Crippen molar-refractivity contribution in [3.63, 3.8) is 0 Å². The molecule has 0 spiro atoms. The van der Waals surface area contributed by atoms with E-state index in [1.54, 1.807) is 6.07 Å². The van der Waals surface area contributed by atoms with Crippen LogP contribution in [0.1, 0.15) is 28.8 Å². The van der Waals surface area contributed by atoms with Crippen molar-refractivity contribution in [1.82, 2.24) is 0 Å². The van der Waals surface area contributed by atoms with E-state index in [1.807, 2.05) is 48.5 Å². The Morgan fingerprint density at radius 3 is 2.60 bits per heavy atom. The van der Waals surface area contributed by atoms with Gasteiger partial charge in [-0.25, -0.2) is 0 Å². The van der Waals surface area contributed by atoms with Gasteiger partial charge < -0.3 is 9.84 Å². The Bertz CT molecular complexity index is 549. The van der Waals surface area contributed by atoms with Crippen LogP contribution >= 0.6 is 0 Å². The van der Waals surface area contributed by atoms with E-state index in [1.165, 1.54) is 0 Å². The maximum atomic E-state index is 11.9. The normalized spacial score (nSPS) is 10.2. The standard InChI is InChI=1S/C17H18O3/c18-13-14-6-4-9-16(12-14)20-11-5-10-17(19)15-7-2-1-3-8-15/h1-4,6-9,12,18H,5,10-11,13H2. The van der Waals surface area contributed by atoms with E-state index >= 15 is 0 Å². The Balaban J connectivity index is 1.75. The van der Waals surface area contributed by atoms with Gasteiger partial charge in [0.15, 0.2) is 5.78 Å². The summed E-state index contributed by atoms with van der Waals surface area (Å²) >= 11 is 0. The van der Waals surface area contributed by atoms with Crippen molar-refractivity contribution in [1.29, 1.82) is 0 Å². The molecule has 0 saturated heterocycles. The molecule has 2 aromatic carbocycles. The fourth-order valence-corrected chi connectivity index (χ4v) is 1.92. The minimum atomic E-state index is 0.00366. The van der Waals surface area contributed by atoms with Gasteiger partial charge in [-0.1, -0.05) is 42.5 Å². The van der Waals surface area contributed by atoms with Crippen LogP contribution in [0.5, 0.6) is 5.75 Å². The molecule has 0 fully saturated rings. The smallest absolute Gasteiger partial charge is 0.163 e. The Morgan fingerprint density at radius 1 is 1.05 bits per heavy atom. The molecule has 2 aromatic rings. The Labute approximate surface area is 118 Å². The molecular formula is C17H18O3. The summed E-state index contributed by atoms with van der Waals surface area (Å²) in [7, 11) is 0. The lowest BCUT2D eigenvalue weighted by Gasteiger charge is -2.07. The quantitative estimate of drug-likeness (QED) is 0.620. The number of aliphatic hydroxyl groups is 1. The van der Waals surface area contributed by atoms with Crippen molar-refractivity contribution in [2.75, 3.05) is 6.61 Å². The van der Waals surface area contributed by atoms with Crippen molar-refractivity contribution in [3.05, 3.63) is 65.7 Å². The van der Waals surface area contributed by atoms with Crippen LogP contribution in [0.2, 0.25) is 0 Å². The van der Waals surface area contributed by atoms with Crippen LogP contribution in [0.3, 0.4) is 0 Å². The van der Waals surface area contributed by atoms with Crippen LogP contribution in [-0.2, 0) is 6.61 Å². The molecule has 3 heteroatoms. The van der Waals surface area contributed by atoms with Gasteiger partial charge in [-0.05, 0) is 24.1 Å². The largest absolute Gasteiger partial charge is 0.494 e. The molecule has 1 N–H and O–H groups in total. The van der Waals surface area contributed by atoms with Gasteiger partial charge in [0.25, 0.3) is 0 Å². The molecule has 0 radical (unpaired) electrons. The minimum absolute atomic E-state index is 0.00366. The molecule has 0 atom stereocenters. The summed E-state index contributed by atoms with van der Waals surface area (Å²) in [6.07, 6.45) is 1.15. The molecule has 0 unspecified atom stereocenters. The first kappa shape index (κ1) is 14.3. The topological polar surface area (TPSA) is 46.5 Å². The predicted molar refractivity (Wildman–Crippen MR) is 77.9 cm³/mol. The third kappa shape index (κ3) is 4.21. The van der Waals surface area contributed by atoms with Crippen molar-refractivity contribution in [3.8, 4) is 5.75 Å². The molecule has 0 amide bonds. The van der Waals surface area contributed by atoms with Gasteiger partial charge in [0.1, 0.15) is 5.75 Å². The molecule has 20 heavy (non-hydrogen) atoms. The minimum Gasteiger partial charge on any atom is -0.494 e. The first-order valence-electron chi connectivity index (χ1n) is 6.70. The number of carbonyl (C=O) groups excluding carboxylic acids is 1. The van der Waals surface area contributed by atoms with Crippen molar-refractivity contribution in [2.45, 2.75) is 19.4 Å². The highest BCUT2D eigenvalue weighted by Crippen LogP contribution is 2.14. The molecule has 3 nitrogen and oxygen atoms in total. The van der Waals surface area contributed by atoms with E-state index in [-0.39, 0.29) is 12.4 Å². The molecule has 0 aliphatic carbocycles. The van der Waals surface area contributed by atoms with Gasteiger partial charge >= 0.3 is 0 Å². The number of Topliss-reactive ketones (excluding diaryl/α,β-unsaturated/α-hetero) is 1. The van der Waals surface area contributed by atoms with Gasteiger partial charge in [-0.15, -0.1) is 0 Å². The average Bonchev–Trinajstić information content (AvgIpc) is 2.52. The molecule has 104 valence electrons. The SMILES string of the molecule is O=C(CCCOc1cccc(CO)c1)c1ccccc1. The van der Waals surface area contributed by atoms with Gasteiger partial charge in [0.2, 0.25) is 0 Å². The zero-order chi connectivity index (χ0) is 14.2. The molecule has 0 heterocycles. The van der Waals surface area contributed by atoms with Crippen LogP contribution in [0.4, 0.5) is 0 Å². The van der Waals surface area contributed by atoms with Gasteiger partial charge in [0.05, 0.1) is 13.2 Å². The second kappa shape index (κ2) is 7.46. The Morgan fingerprint density at radius 2 is 1.85 bits per heavy atom. The fourth-order valence-electron chi connectivity index (χ4n) is 1.92. The van der Waals surface area contributed by atoms with E-state index in [2.05, 4.69) is 0 Å². The van der Waals surface area contributed by atoms with Crippen molar-refractivity contribution >= 4 is 5.78 Å². The van der Waals surface area contributed by atoms with Crippen LogP contribution in [0.25, 0.3) is 0 Å². The summed E-state index contributed by atoms with van der Waals surface area (Å²) < 4.78 is 5.57. The van der Waals surface area contributed by atoms with E-state index in [9.17, 15) is 4.79 Å². The second-order valence-electron chi connectivity index (χ2n) is 4.55. The third-order valence-electron chi connectivity index (χ3n) is 2.99. The number of ether oxygens (including phenoxy) is 1. The van der Waals surface area contributed by atoms with Crippen molar-refractivity contribution < 1.29 is 14.6 Å². The fraction of sp³-hybridized carbons (Fsp3) is 0.235. The van der Waals surface area contributed by atoms with Crippen LogP contribution in [-0.4, -0.2) is 17.5 Å². The molecule has 0 aromatic heterocycles. The van der Waals surface area contributed by atoms with E-state index in [0.717, 1.165) is 16.9 Å². The number of benzene rings is 2. The highest BCUT2D eigenvalue weighted by Gasteiger charge is 2.04. The maximum absolute atomic E-state index is 11.9. The predicted octanol–water partition coefficient (Wildman–Crippen LogP) is 3.22. The number of rotatable bonds is 7. The van der Waals surface area contributed by atoms with E-state index < -0.39 is 0 Å². The first-order valence-corrected chi connectivity index (χ1v) is 6.70. The lowest BCUT2D eigenvalue weighted by atomic mass is 10.1. The van der Waals surface area contributed by atoms with Gasteiger partial charge in [-0.2, -0.15) is 0 Å². The van der Waals surface area contributed by atoms with Crippen LogP contribution in [0, 0.1) is 0 Å². The van der Waals surface area contributed by atoms with E-state index in [4.69, 9.17) is 9.84 Å². The average molecular weight is 270 g/mol. The molecule has 0 bridgehead atoms. The number of hydrogen-bond acceptors (Lipinski definition) is 3. The summed E-state index contributed by atoms with van der Waals surface area (Å²) in [5.41, 5.74) is 1.57. The molecule has 2 rings (SSSR count). The summed E-state index contributed by atoms with van der Waals surface area (Å²) in [5.74, 6) is 0.863. The maximum Gasteiger partial charge on any atom is 0.163 e. The molecular weight excluding hydrogens is 252 g/mol. The van der Waals surface area contributed by atoms with Crippen molar-refractivity contribution in [2.24, 2.45) is 0 Å². The summed E-state index contributed by atoms with van der Waals surface area (Å²) in [6.45, 7) is 0.497. The highest BCUT2D eigenvalue weighted by atomic mass is 16.5. The summed E-state index contributed by atoms with van der Waals surface area (Å²) in [6, 6.07) is 16.6. The monoisotopic (exact) mass is 270 g/mol. The van der Waals surface area contributed by atoms with Crippen LogP contribution < -0.4 is 4.74 Å². The lowest BCUT2D eigenvalue weighted by molar-refractivity contribution is 0.0973. The molecule has 0 saturated carbocycles. The van der Waals surface area contributed by atoms with E-state index in [0.29, 0.717) is 19.4 Å². The number of carbonyl (C=O) groups is 1. The van der Waals surface area contributed by atoms with Crippen LogP contribution in [0.15, 0.2) is 54.6 Å².